The summed E-state index contributed by atoms with van der Waals surface area (Å²) in [7, 11) is 0. The predicted molar refractivity (Wildman–Crippen MR) is 130 cm³/mol. The highest BCUT2D eigenvalue weighted by atomic mass is 16.2. The van der Waals surface area contributed by atoms with Crippen LogP contribution < -0.4 is 10.2 Å². The molecule has 1 saturated heterocycles. The lowest BCUT2D eigenvalue weighted by Gasteiger charge is -2.37. The number of rotatable bonds is 3. The molecule has 1 fully saturated rings. The predicted octanol–water partition coefficient (Wildman–Crippen LogP) is 3.95. The second-order valence-electron chi connectivity index (χ2n) is 9.28. The Morgan fingerprint density at radius 2 is 1.91 bits per heavy atom. The number of benzene rings is 2. The molecule has 3 aliphatic heterocycles. The zero-order valence-corrected chi connectivity index (χ0v) is 18.9. The molecular formula is C28H23N3O3. The summed E-state index contributed by atoms with van der Waals surface area (Å²) in [4.78, 5) is 47.5. The highest BCUT2D eigenvalue weighted by Crippen LogP contribution is 2.57. The van der Waals surface area contributed by atoms with Crippen molar-refractivity contribution in [3.63, 3.8) is 0 Å². The monoisotopic (exact) mass is 449 g/mol. The molecule has 3 aromatic rings. The SMILES string of the molecule is CC(=O)C1C(C(=O)c2cccnc2)C2(C(=O)Nc3ccccc32)C2C=Cc3cc(C)ccc3N12. The van der Waals surface area contributed by atoms with E-state index in [9.17, 15) is 14.4 Å². The van der Waals surface area contributed by atoms with Gasteiger partial charge in [-0.2, -0.15) is 0 Å². The second kappa shape index (κ2) is 7.22. The summed E-state index contributed by atoms with van der Waals surface area (Å²) in [6.07, 6.45) is 7.10. The largest absolute Gasteiger partial charge is 0.352 e. The van der Waals surface area contributed by atoms with Crippen LogP contribution in [0.5, 0.6) is 0 Å². The van der Waals surface area contributed by atoms with Gasteiger partial charge in [0.1, 0.15) is 5.41 Å². The first-order valence-corrected chi connectivity index (χ1v) is 11.4. The lowest BCUT2D eigenvalue weighted by molar-refractivity contribution is -0.122. The Morgan fingerprint density at radius 1 is 1.09 bits per heavy atom. The number of hydrogen-bond acceptors (Lipinski definition) is 5. The summed E-state index contributed by atoms with van der Waals surface area (Å²) < 4.78 is 0. The summed E-state index contributed by atoms with van der Waals surface area (Å²) in [6, 6.07) is 15.6. The minimum Gasteiger partial charge on any atom is -0.352 e. The number of para-hydroxylation sites is 1. The van der Waals surface area contributed by atoms with Crippen LogP contribution in [-0.2, 0) is 15.0 Å². The van der Waals surface area contributed by atoms with Gasteiger partial charge < -0.3 is 10.2 Å². The molecule has 0 bridgehead atoms. The van der Waals surface area contributed by atoms with E-state index in [2.05, 4.69) is 16.4 Å². The van der Waals surface area contributed by atoms with Crippen LogP contribution >= 0.6 is 0 Å². The van der Waals surface area contributed by atoms with Crippen molar-refractivity contribution in [3.05, 3.63) is 95.3 Å². The molecule has 0 radical (unpaired) electrons. The summed E-state index contributed by atoms with van der Waals surface area (Å²) in [5, 5.41) is 3.01. The van der Waals surface area contributed by atoms with E-state index in [0.29, 0.717) is 11.3 Å². The summed E-state index contributed by atoms with van der Waals surface area (Å²) in [5.41, 5.74) is 3.50. The average molecular weight is 450 g/mol. The van der Waals surface area contributed by atoms with Crippen LogP contribution in [0.25, 0.3) is 6.08 Å². The van der Waals surface area contributed by atoms with E-state index in [4.69, 9.17) is 0 Å². The Morgan fingerprint density at radius 3 is 2.68 bits per heavy atom. The average Bonchev–Trinajstić information content (AvgIpc) is 3.32. The fourth-order valence-corrected chi connectivity index (χ4v) is 6.14. The van der Waals surface area contributed by atoms with Crippen molar-refractivity contribution in [2.24, 2.45) is 5.92 Å². The van der Waals surface area contributed by atoms with Gasteiger partial charge in [-0.05, 0) is 55.3 Å². The van der Waals surface area contributed by atoms with Crippen LogP contribution in [0, 0.1) is 12.8 Å². The Hall–Kier alpha value is -4.06. The minimum absolute atomic E-state index is 0.150. The highest BCUT2D eigenvalue weighted by Gasteiger charge is 2.69. The van der Waals surface area contributed by atoms with Crippen molar-refractivity contribution in [1.29, 1.82) is 0 Å². The van der Waals surface area contributed by atoms with Crippen molar-refractivity contribution in [1.82, 2.24) is 4.98 Å². The summed E-state index contributed by atoms with van der Waals surface area (Å²) in [5.74, 6) is -1.57. The van der Waals surface area contributed by atoms with Crippen molar-refractivity contribution < 1.29 is 14.4 Å². The Bertz CT molecular complexity index is 1400. The fourth-order valence-electron chi connectivity index (χ4n) is 6.14. The maximum Gasteiger partial charge on any atom is 0.238 e. The van der Waals surface area contributed by atoms with Crippen molar-refractivity contribution in [2.45, 2.75) is 31.3 Å². The topological polar surface area (TPSA) is 79.4 Å². The molecule has 1 amide bonds. The number of anilines is 2. The summed E-state index contributed by atoms with van der Waals surface area (Å²) >= 11 is 0. The molecule has 4 atom stereocenters. The van der Waals surface area contributed by atoms with E-state index >= 15 is 0 Å². The Kier molecular flexibility index (Phi) is 4.36. The normalized spacial score (nSPS) is 26.1. The first-order valence-electron chi connectivity index (χ1n) is 11.4. The third kappa shape index (κ3) is 2.56. The highest BCUT2D eigenvalue weighted by molar-refractivity contribution is 6.16. The van der Waals surface area contributed by atoms with Gasteiger partial charge >= 0.3 is 0 Å². The maximum atomic E-state index is 14.2. The van der Waals surface area contributed by atoms with Gasteiger partial charge in [0, 0.05) is 29.3 Å². The number of Topliss-reactive ketones (excluding diaryl/α,β-unsaturated/α-hetero) is 2. The first kappa shape index (κ1) is 20.5. The molecule has 3 aliphatic rings. The van der Waals surface area contributed by atoms with Crippen molar-refractivity contribution >= 4 is 34.9 Å². The third-order valence-corrected chi connectivity index (χ3v) is 7.43. The van der Waals surface area contributed by atoms with Gasteiger partial charge in [0.25, 0.3) is 0 Å². The van der Waals surface area contributed by atoms with E-state index in [1.807, 2.05) is 60.4 Å². The maximum absolute atomic E-state index is 14.2. The molecule has 2 aromatic carbocycles. The number of aromatic nitrogens is 1. The molecule has 34 heavy (non-hydrogen) atoms. The van der Waals surface area contributed by atoms with E-state index in [-0.39, 0.29) is 17.5 Å². The lowest BCUT2D eigenvalue weighted by Crippen LogP contribution is -2.51. The van der Waals surface area contributed by atoms with Gasteiger partial charge in [0.2, 0.25) is 5.91 Å². The van der Waals surface area contributed by atoms with Crippen LogP contribution in [0.15, 0.2) is 73.1 Å². The molecule has 1 spiro atoms. The zero-order chi connectivity index (χ0) is 23.6. The van der Waals surface area contributed by atoms with E-state index in [1.54, 1.807) is 18.3 Å². The molecule has 6 nitrogen and oxygen atoms in total. The Labute approximate surface area is 197 Å². The molecule has 1 aromatic heterocycles. The molecule has 168 valence electrons. The molecule has 0 aliphatic carbocycles. The number of hydrogen-bond donors (Lipinski definition) is 1. The lowest BCUT2D eigenvalue weighted by atomic mass is 9.64. The quantitative estimate of drug-likeness (QED) is 0.613. The van der Waals surface area contributed by atoms with E-state index in [1.165, 1.54) is 13.1 Å². The van der Waals surface area contributed by atoms with Crippen LogP contribution in [0.2, 0.25) is 0 Å². The molecular weight excluding hydrogens is 426 g/mol. The van der Waals surface area contributed by atoms with Crippen LogP contribution in [-0.4, -0.2) is 34.5 Å². The van der Waals surface area contributed by atoms with Gasteiger partial charge in [-0.3, -0.25) is 19.4 Å². The number of ketones is 2. The van der Waals surface area contributed by atoms with Gasteiger partial charge in [-0.15, -0.1) is 0 Å². The summed E-state index contributed by atoms with van der Waals surface area (Å²) in [6.45, 7) is 3.53. The molecule has 6 rings (SSSR count). The molecule has 6 heteroatoms. The second-order valence-corrected chi connectivity index (χ2v) is 9.28. The molecule has 1 N–H and O–H groups in total. The third-order valence-electron chi connectivity index (χ3n) is 7.43. The molecule has 4 unspecified atom stereocenters. The number of amides is 1. The van der Waals surface area contributed by atoms with Gasteiger partial charge in [0.05, 0.1) is 18.0 Å². The van der Waals surface area contributed by atoms with Crippen LogP contribution in [0.1, 0.15) is 34.0 Å². The molecule has 0 saturated carbocycles. The van der Waals surface area contributed by atoms with Crippen LogP contribution in [0.3, 0.4) is 0 Å². The first-order chi connectivity index (χ1) is 16.4. The number of carbonyl (C=O) groups is 3. The smallest absolute Gasteiger partial charge is 0.238 e. The Balaban J connectivity index is 1.67. The van der Waals surface area contributed by atoms with Crippen LogP contribution in [0.4, 0.5) is 11.4 Å². The van der Waals surface area contributed by atoms with E-state index < -0.39 is 23.4 Å². The number of nitrogens with zero attached hydrogens (tertiary/aromatic N) is 2. The van der Waals surface area contributed by atoms with Gasteiger partial charge in [-0.25, -0.2) is 0 Å². The number of nitrogens with one attached hydrogen (secondary N) is 1. The van der Waals surface area contributed by atoms with Gasteiger partial charge in [-0.1, -0.05) is 42.0 Å². The zero-order valence-electron chi connectivity index (χ0n) is 18.9. The minimum atomic E-state index is -1.25. The van der Waals surface area contributed by atoms with Crippen molar-refractivity contribution in [2.75, 3.05) is 10.2 Å². The number of aryl methyl sites for hydroxylation is 1. The van der Waals surface area contributed by atoms with Crippen molar-refractivity contribution in [3.8, 4) is 0 Å². The molecule has 4 heterocycles. The van der Waals surface area contributed by atoms with E-state index in [0.717, 1.165) is 22.4 Å². The fraction of sp³-hybridized carbons (Fsp3) is 0.214. The van der Waals surface area contributed by atoms with Gasteiger partial charge in [0.15, 0.2) is 11.6 Å². The number of pyridine rings is 1. The standard InChI is InChI=1S/C28H23N3O3/c1-16-9-11-22-18(14-16)10-12-23-28(20-7-3-4-8-21(20)30-27(28)34)24(25(17(2)32)31(22)23)26(33)19-6-5-13-29-15-19/h3-15,23-25H,1-2H3,(H,30,34). The number of fused-ring (bicyclic) bond motifs is 6. The number of carbonyl (C=O) groups excluding carboxylic acids is 3.